The Bertz CT molecular complexity index is 1430. The first kappa shape index (κ1) is 28.2. The van der Waals surface area contributed by atoms with Gasteiger partial charge in [0, 0.05) is 12.8 Å². The highest BCUT2D eigenvalue weighted by molar-refractivity contribution is 5.95. The van der Waals surface area contributed by atoms with Crippen LogP contribution in [0.3, 0.4) is 0 Å². The minimum atomic E-state index is -1.04. The number of ether oxygens (including phenoxy) is 1. The number of aryl methyl sites for hydroxylation is 1. The van der Waals surface area contributed by atoms with Gasteiger partial charge in [0.2, 0.25) is 11.8 Å². The zero-order valence-corrected chi connectivity index (χ0v) is 25.5. The average Bonchev–Trinajstić information content (AvgIpc) is 3.37. The van der Waals surface area contributed by atoms with E-state index in [1.165, 1.54) is 7.11 Å². The third-order valence-corrected chi connectivity index (χ3v) is 12.6. The number of methoxy groups -OCH3 is 1. The Morgan fingerprint density at radius 2 is 1.80 bits per heavy atom. The second-order valence-corrected chi connectivity index (χ2v) is 15.1. The van der Waals surface area contributed by atoms with E-state index < -0.39 is 16.2 Å². The maximum absolute atomic E-state index is 14.4. The summed E-state index contributed by atoms with van der Waals surface area (Å²) in [6.07, 6.45) is 7.94. The fourth-order valence-electron chi connectivity index (χ4n) is 10.6. The molecule has 7 unspecified atom stereocenters. The second-order valence-electron chi connectivity index (χ2n) is 15.1. The highest BCUT2D eigenvalue weighted by Crippen LogP contribution is 2.71. The number of ketones is 1. The molecule has 0 aliphatic heterocycles. The van der Waals surface area contributed by atoms with Crippen LogP contribution >= 0.6 is 0 Å². The van der Waals surface area contributed by atoms with Crippen molar-refractivity contribution >= 4 is 11.8 Å². The van der Waals surface area contributed by atoms with Gasteiger partial charge in [0.05, 0.1) is 24.2 Å². The SMILES string of the molecule is COC(=O)C12CCC3C(C(=O)C=C4C3(C)CCC3C4(C)CC(C#N)=C(O)[C@@]3(C)c3nnc(C)o3)C1CC(C)(C)CC2. The predicted octanol–water partition coefficient (Wildman–Crippen LogP) is 6.32. The Hall–Kier alpha value is -2.95. The summed E-state index contributed by atoms with van der Waals surface area (Å²) in [6, 6.07) is 2.27. The molecule has 5 aliphatic rings. The molecule has 0 radical (unpaired) electrons. The van der Waals surface area contributed by atoms with E-state index in [0.29, 0.717) is 23.8 Å². The summed E-state index contributed by atoms with van der Waals surface area (Å²) in [5, 5.41) is 30.0. The van der Waals surface area contributed by atoms with Gasteiger partial charge in [0.15, 0.2) is 5.78 Å². The molecule has 8 heteroatoms. The van der Waals surface area contributed by atoms with Crippen molar-refractivity contribution in [3.8, 4) is 6.07 Å². The zero-order valence-electron chi connectivity index (χ0n) is 25.5. The molecule has 0 bridgehead atoms. The first-order valence-corrected chi connectivity index (χ1v) is 15.2. The Morgan fingerprint density at radius 1 is 1.07 bits per heavy atom. The summed E-state index contributed by atoms with van der Waals surface area (Å²) < 4.78 is 11.3. The van der Waals surface area contributed by atoms with Gasteiger partial charge >= 0.3 is 5.97 Å². The van der Waals surface area contributed by atoms with Crippen LogP contribution in [0.5, 0.6) is 0 Å². The topological polar surface area (TPSA) is 126 Å². The number of hydrogen-bond acceptors (Lipinski definition) is 8. The van der Waals surface area contributed by atoms with Crippen molar-refractivity contribution in [3.63, 3.8) is 0 Å². The van der Waals surface area contributed by atoms with Crippen molar-refractivity contribution in [1.82, 2.24) is 10.2 Å². The molecular formula is C33H43N3O5. The standard InChI is InChI=1S/C33H43N3O5/c1-18-35-36-27(41-18)32(6)23-9-10-30(4)20-8-11-33(28(39)40-7)13-12-29(2,3)16-21(33)25(20)22(37)14-24(30)31(23,5)15-19(17-34)26(32)38/h14,20-21,23,25,38H,8-13,15-16H2,1-7H3/t20?,21?,23?,25?,30?,31?,32-,33?/m0/s1. The molecule has 0 aromatic carbocycles. The first-order valence-electron chi connectivity index (χ1n) is 15.2. The first-order chi connectivity index (χ1) is 19.2. The molecule has 1 heterocycles. The maximum atomic E-state index is 14.4. The van der Waals surface area contributed by atoms with Gasteiger partial charge in [0.25, 0.3) is 0 Å². The summed E-state index contributed by atoms with van der Waals surface area (Å²) in [7, 11) is 1.48. The fraction of sp³-hybridized carbons (Fsp3) is 0.727. The molecule has 0 amide bonds. The summed E-state index contributed by atoms with van der Waals surface area (Å²) in [6.45, 7) is 12.6. The third kappa shape index (κ3) is 3.56. The smallest absolute Gasteiger partial charge is 0.312 e. The van der Waals surface area contributed by atoms with Crippen molar-refractivity contribution in [2.75, 3.05) is 7.11 Å². The number of aliphatic hydroxyl groups excluding tert-OH is 1. The van der Waals surface area contributed by atoms with Crippen LogP contribution < -0.4 is 0 Å². The summed E-state index contributed by atoms with van der Waals surface area (Å²) in [5.41, 5.74) is -1.04. The van der Waals surface area contributed by atoms with Gasteiger partial charge in [-0.05, 0) is 98.4 Å². The number of carbonyl (C=O) groups is 2. The molecule has 41 heavy (non-hydrogen) atoms. The van der Waals surface area contributed by atoms with E-state index in [9.17, 15) is 20.0 Å². The lowest BCUT2D eigenvalue weighted by atomic mass is 9.38. The van der Waals surface area contributed by atoms with Crippen LogP contribution in [-0.4, -0.2) is 34.2 Å². The number of aromatic nitrogens is 2. The lowest BCUT2D eigenvalue weighted by molar-refractivity contribution is -0.178. The van der Waals surface area contributed by atoms with Crippen LogP contribution in [0.15, 0.2) is 27.4 Å². The second kappa shape index (κ2) is 8.78. The van der Waals surface area contributed by atoms with E-state index in [2.05, 4.69) is 44.0 Å². The summed E-state index contributed by atoms with van der Waals surface area (Å²) in [5.74, 6) is 0.344. The highest BCUT2D eigenvalue weighted by Gasteiger charge is 2.68. The zero-order chi connectivity index (χ0) is 29.8. The van der Waals surface area contributed by atoms with Gasteiger partial charge in [-0.15, -0.1) is 10.2 Å². The summed E-state index contributed by atoms with van der Waals surface area (Å²) in [4.78, 5) is 27.8. The van der Waals surface area contributed by atoms with Gasteiger partial charge in [0.1, 0.15) is 11.2 Å². The molecule has 0 spiro atoms. The van der Waals surface area contributed by atoms with Gasteiger partial charge < -0.3 is 14.3 Å². The van der Waals surface area contributed by atoms with E-state index in [-0.39, 0.29) is 52.0 Å². The summed E-state index contributed by atoms with van der Waals surface area (Å²) >= 11 is 0. The van der Waals surface area contributed by atoms with Gasteiger partial charge in [-0.25, -0.2) is 0 Å². The monoisotopic (exact) mass is 561 g/mol. The number of carbonyl (C=O) groups excluding carboxylic acids is 2. The number of hydrogen-bond donors (Lipinski definition) is 1. The van der Waals surface area contributed by atoms with Crippen molar-refractivity contribution < 1.29 is 23.8 Å². The Kier molecular flexibility index (Phi) is 6.04. The van der Waals surface area contributed by atoms with E-state index in [1.54, 1.807) is 6.92 Å². The van der Waals surface area contributed by atoms with E-state index in [1.807, 2.05) is 13.0 Å². The van der Waals surface area contributed by atoms with Crippen LogP contribution in [0.25, 0.3) is 0 Å². The molecule has 3 fully saturated rings. The molecule has 3 saturated carbocycles. The fourth-order valence-corrected chi connectivity index (χ4v) is 10.6. The molecule has 6 rings (SSSR count). The van der Waals surface area contributed by atoms with Crippen LogP contribution in [0.1, 0.15) is 97.8 Å². The molecule has 8 nitrogen and oxygen atoms in total. The number of nitriles is 1. The van der Waals surface area contributed by atoms with Crippen LogP contribution in [0.4, 0.5) is 0 Å². The molecule has 220 valence electrons. The van der Waals surface area contributed by atoms with Crippen molar-refractivity contribution in [3.05, 3.63) is 34.8 Å². The number of fused-ring (bicyclic) bond motifs is 7. The molecule has 1 aromatic heterocycles. The largest absolute Gasteiger partial charge is 0.510 e. The van der Waals surface area contributed by atoms with Crippen LogP contribution in [-0.2, 0) is 19.7 Å². The Labute approximate surface area is 242 Å². The molecular weight excluding hydrogens is 518 g/mol. The van der Waals surface area contributed by atoms with Gasteiger partial charge in [-0.3, -0.25) is 9.59 Å². The van der Waals surface area contributed by atoms with E-state index in [4.69, 9.17) is 9.15 Å². The normalized spacial score (nSPS) is 43.1. The highest BCUT2D eigenvalue weighted by atomic mass is 16.5. The molecule has 8 atom stereocenters. The van der Waals surface area contributed by atoms with Crippen molar-refractivity contribution in [2.24, 2.45) is 45.3 Å². The molecule has 0 saturated heterocycles. The minimum Gasteiger partial charge on any atom is -0.510 e. The number of allylic oxidation sites excluding steroid dienone is 4. The number of esters is 1. The van der Waals surface area contributed by atoms with E-state index in [0.717, 1.165) is 50.5 Å². The third-order valence-electron chi connectivity index (χ3n) is 12.6. The minimum absolute atomic E-state index is 0.000283. The van der Waals surface area contributed by atoms with Gasteiger partial charge in [-0.1, -0.05) is 33.3 Å². The van der Waals surface area contributed by atoms with Crippen LogP contribution in [0, 0.1) is 63.6 Å². The Morgan fingerprint density at radius 3 is 2.44 bits per heavy atom. The number of rotatable bonds is 2. The van der Waals surface area contributed by atoms with E-state index >= 15 is 0 Å². The lowest BCUT2D eigenvalue weighted by Gasteiger charge is -2.65. The van der Waals surface area contributed by atoms with Crippen molar-refractivity contribution in [2.45, 2.75) is 98.3 Å². The average molecular weight is 562 g/mol. The van der Waals surface area contributed by atoms with Crippen LogP contribution in [0.2, 0.25) is 0 Å². The number of aliphatic hydroxyl groups is 1. The number of nitrogens with zero attached hydrogens (tertiary/aromatic N) is 3. The molecule has 5 aliphatic carbocycles. The molecule has 1 N–H and O–H groups in total. The van der Waals surface area contributed by atoms with Crippen molar-refractivity contribution in [1.29, 1.82) is 5.26 Å². The Balaban J connectivity index is 1.49. The van der Waals surface area contributed by atoms with Gasteiger partial charge in [-0.2, -0.15) is 5.26 Å². The predicted molar refractivity (Wildman–Crippen MR) is 150 cm³/mol. The maximum Gasteiger partial charge on any atom is 0.312 e. The molecule has 1 aromatic rings. The lowest BCUT2D eigenvalue weighted by Crippen LogP contribution is -2.62. The quantitative estimate of drug-likeness (QED) is 0.416.